The topological polar surface area (TPSA) is 20.3 Å². The number of anilines is 1. The molecule has 1 saturated heterocycles. The summed E-state index contributed by atoms with van der Waals surface area (Å²) in [6.07, 6.45) is 0. The summed E-state index contributed by atoms with van der Waals surface area (Å²) in [5.74, 6) is 0.0904. The second kappa shape index (κ2) is 7.28. The van der Waals surface area contributed by atoms with Gasteiger partial charge >= 0.3 is 0 Å². The highest BCUT2D eigenvalue weighted by molar-refractivity contribution is 6.18. The Kier molecular flexibility index (Phi) is 4.16. The zero-order valence-electron chi connectivity index (χ0n) is 19.1. The van der Waals surface area contributed by atoms with E-state index in [9.17, 15) is 4.79 Å². The normalized spacial score (nSPS) is 16.5. The molecule has 1 heterocycles. The number of carbonyl (C=O) groups excluding carboxylic acids is 1. The van der Waals surface area contributed by atoms with Crippen molar-refractivity contribution in [2.24, 2.45) is 0 Å². The molecule has 1 fully saturated rings. The van der Waals surface area contributed by atoms with E-state index in [0.717, 1.165) is 27.9 Å². The summed E-state index contributed by atoms with van der Waals surface area (Å²) in [5.41, 5.74) is 6.00. The van der Waals surface area contributed by atoms with Gasteiger partial charge < -0.3 is 0 Å². The Labute approximate surface area is 205 Å². The molecule has 2 nitrogen and oxygen atoms in total. The summed E-state index contributed by atoms with van der Waals surface area (Å²) < 4.78 is 0. The smallest absolute Gasteiger partial charge is 0.246 e. The van der Waals surface area contributed by atoms with Crippen LogP contribution in [0.15, 0.2) is 140 Å². The molecule has 0 saturated carbocycles. The van der Waals surface area contributed by atoms with Crippen molar-refractivity contribution in [3.8, 4) is 11.1 Å². The minimum atomic E-state index is -0.909. The molecule has 0 atom stereocenters. The van der Waals surface area contributed by atoms with Crippen LogP contribution >= 0.6 is 0 Å². The predicted molar refractivity (Wildman–Crippen MR) is 140 cm³/mol. The van der Waals surface area contributed by atoms with Crippen LogP contribution in [0.1, 0.15) is 22.3 Å². The second-order valence-corrected chi connectivity index (χ2v) is 9.26. The summed E-state index contributed by atoms with van der Waals surface area (Å²) in [6.45, 7) is 0. The molecule has 7 rings (SSSR count). The molecule has 0 N–H and O–H groups in total. The molecule has 2 aliphatic rings. The van der Waals surface area contributed by atoms with Crippen LogP contribution in [0.3, 0.4) is 0 Å². The fourth-order valence-electron chi connectivity index (χ4n) is 6.54. The fraction of sp³-hybridized carbons (Fsp3) is 0.0606. The molecule has 35 heavy (non-hydrogen) atoms. The van der Waals surface area contributed by atoms with Gasteiger partial charge in [-0.3, -0.25) is 9.69 Å². The molecule has 0 radical (unpaired) electrons. The number of amides is 1. The van der Waals surface area contributed by atoms with Crippen molar-refractivity contribution < 1.29 is 4.79 Å². The first-order valence-electron chi connectivity index (χ1n) is 12.0. The molecule has 5 aromatic rings. The maximum atomic E-state index is 14.8. The predicted octanol–water partition coefficient (Wildman–Crippen LogP) is 6.94. The van der Waals surface area contributed by atoms with Gasteiger partial charge in [0, 0.05) is 5.69 Å². The van der Waals surface area contributed by atoms with Crippen molar-refractivity contribution in [3.63, 3.8) is 0 Å². The van der Waals surface area contributed by atoms with Gasteiger partial charge in [0.05, 0.1) is 0 Å². The molecule has 1 amide bonds. The summed E-state index contributed by atoms with van der Waals surface area (Å²) in [5, 5.41) is 0. The zero-order chi connectivity index (χ0) is 23.5. The monoisotopic (exact) mass is 449 g/mol. The van der Waals surface area contributed by atoms with Crippen molar-refractivity contribution in [1.82, 2.24) is 0 Å². The van der Waals surface area contributed by atoms with Crippen molar-refractivity contribution >= 4 is 11.6 Å². The maximum Gasteiger partial charge on any atom is 0.246 e. The van der Waals surface area contributed by atoms with Crippen molar-refractivity contribution in [2.75, 3.05) is 4.90 Å². The first-order chi connectivity index (χ1) is 17.3. The van der Waals surface area contributed by atoms with Crippen molar-refractivity contribution in [2.45, 2.75) is 11.0 Å². The summed E-state index contributed by atoms with van der Waals surface area (Å²) in [6, 6.07) is 47.9. The third kappa shape index (κ3) is 2.31. The Morgan fingerprint density at radius 1 is 0.457 bits per heavy atom. The standard InChI is InChI=1S/C33H23NO/c35-31-32(24-14-4-1-5-15-24,25-16-6-2-7-17-25)33(34(31)26-18-8-3-9-19-26)29-22-12-10-20-27(29)28-21-11-13-23-30(28)33/h1-23H. The molecule has 0 aromatic heterocycles. The lowest BCUT2D eigenvalue weighted by Crippen LogP contribution is -2.79. The van der Waals surface area contributed by atoms with E-state index in [0.29, 0.717) is 0 Å². The Morgan fingerprint density at radius 2 is 0.857 bits per heavy atom. The number of nitrogens with zero attached hydrogens (tertiary/aromatic N) is 1. The van der Waals surface area contributed by atoms with Gasteiger partial charge in [0.2, 0.25) is 5.91 Å². The van der Waals surface area contributed by atoms with Gasteiger partial charge in [-0.1, -0.05) is 127 Å². The van der Waals surface area contributed by atoms with Crippen LogP contribution in [0.25, 0.3) is 11.1 Å². The average Bonchev–Trinajstić information content (AvgIpc) is 3.24. The van der Waals surface area contributed by atoms with Gasteiger partial charge in [-0.25, -0.2) is 0 Å². The van der Waals surface area contributed by atoms with Crippen molar-refractivity contribution in [3.05, 3.63) is 162 Å². The first-order valence-corrected chi connectivity index (χ1v) is 12.0. The summed E-state index contributed by atoms with van der Waals surface area (Å²) in [7, 11) is 0. The van der Waals surface area contributed by atoms with Crippen LogP contribution in [-0.2, 0) is 15.7 Å². The third-order valence-electron chi connectivity index (χ3n) is 7.75. The number of para-hydroxylation sites is 1. The van der Waals surface area contributed by atoms with Gasteiger partial charge in [-0.05, 0) is 45.5 Å². The Morgan fingerprint density at radius 3 is 1.34 bits per heavy atom. The largest absolute Gasteiger partial charge is 0.295 e. The number of rotatable bonds is 3. The molecule has 0 bridgehead atoms. The molecular weight excluding hydrogens is 426 g/mol. The Balaban J connectivity index is 1.69. The molecular formula is C33H23NO. The molecule has 0 unspecified atom stereocenters. The highest BCUT2D eigenvalue weighted by Crippen LogP contribution is 2.69. The van der Waals surface area contributed by atoms with E-state index < -0.39 is 11.0 Å². The average molecular weight is 450 g/mol. The van der Waals surface area contributed by atoms with Gasteiger partial charge in [0.25, 0.3) is 0 Å². The fourth-order valence-corrected chi connectivity index (χ4v) is 6.54. The molecule has 2 heteroatoms. The van der Waals surface area contributed by atoms with Gasteiger partial charge in [0.1, 0.15) is 11.0 Å². The minimum absolute atomic E-state index is 0.0904. The minimum Gasteiger partial charge on any atom is -0.295 e. The van der Waals surface area contributed by atoms with Gasteiger partial charge in [0.15, 0.2) is 0 Å². The molecule has 5 aromatic carbocycles. The van der Waals surface area contributed by atoms with Crippen LogP contribution in [0.4, 0.5) is 5.69 Å². The van der Waals surface area contributed by atoms with E-state index in [1.54, 1.807) is 0 Å². The van der Waals surface area contributed by atoms with Crippen LogP contribution in [0.5, 0.6) is 0 Å². The van der Waals surface area contributed by atoms with E-state index >= 15 is 0 Å². The lowest BCUT2D eigenvalue weighted by molar-refractivity contribution is -0.134. The van der Waals surface area contributed by atoms with E-state index in [1.807, 2.05) is 71.6 Å². The Hall–Kier alpha value is -4.43. The first kappa shape index (κ1) is 20.0. The van der Waals surface area contributed by atoms with E-state index in [4.69, 9.17) is 0 Å². The highest BCUT2D eigenvalue weighted by Gasteiger charge is 2.76. The van der Waals surface area contributed by atoms with Crippen LogP contribution < -0.4 is 4.90 Å². The maximum absolute atomic E-state index is 14.8. The lowest BCUT2D eigenvalue weighted by Gasteiger charge is -2.64. The molecule has 166 valence electrons. The second-order valence-electron chi connectivity index (χ2n) is 9.26. The van der Waals surface area contributed by atoms with Gasteiger partial charge in [-0.2, -0.15) is 0 Å². The number of benzene rings is 5. The number of hydrogen-bond acceptors (Lipinski definition) is 1. The van der Waals surface area contributed by atoms with E-state index in [1.165, 1.54) is 11.1 Å². The van der Waals surface area contributed by atoms with Crippen molar-refractivity contribution in [1.29, 1.82) is 0 Å². The third-order valence-corrected chi connectivity index (χ3v) is 7.75. The summed E-state index contributed by atoms with van der Waals surface area (Å²) in [4.78, 5) is 16.8. The zero-order valence-corrected chi connectivity index (χ0v) is 19.1. The number of fused-ring (bicyclic) bond motifs is 5. The molecule has 1 aliphatic carbocycles. The highest BCUT2D eigenvalue weighted by atomic mass is 16.2. The number of β-lactam (4-membered cyclic amide) rings is 1. The number of carbonyl (C=O) groups is 1. The van der Waals surface area contributed by atoms with Crippen LogP contribution in [0.2, 0.25) is 0 Å². The van der Waals surface area contributed by atoms with Crippen LogP contribution in [-0.4, -0.2) is 5.91 Å². The quantitative estimate of drug-likeness (QED) is 0.273. The SMILES string of the molecule is O=C1N(c2ccccc2)C2(c3ccccc3-c3ccccc32)C1(c1ccccc1)c1ccccc1. The van der Waals surface area contributed by atoms with Gasteiger partial charge in [-0.15, -0.1) is 0 Å². The van der Waals surface area contributed by atoms with E-state index in [2.05, 4.69) is 72.8 Å². The molecule has 1 spiro atoms. The number of hydrogen-bond donors (Lipinski definition) is 0. The summed E-state index contributed by atoms with van der Waals surface area (Å²) >= 11 is 0. The van der Waals surface area contributed by atoms with E-state index in [-0.39, 0.29) is 5.91 Å². The molecule has 1 aliphatic heterocycles. The Bertz CT molecular complexity index is 1470. The lowest BCUT2D eigenvalue weighted by atomic mass is 9.50. The van der Waals surface area contributed by atoms with Crippen LogP contribution in [0, 0.1) is 0 Å².